The van der Waals surface area contributed by atoms with Gasteiger partial charge in [0.25, 0.3) is 5.91 Å². The molecule has 2 aromatic carbocycles. The van der Waals surface area contributed by atoms with Gasteiger partial charge in [-0.1, -0.05) is 35.5 Å². The molecule has 1 aliphatic heterocycles. The summed E-state index contributed by atoms with van der Waals surface area (Å²) >= 11 is 0. The lowest BCUT2D eigenvalue weighted by atomic mass is 10.0. The van der Waals surface area contributed by atoms with Gasteiger partial charge in [0.1, 0.15) is 5.71 Å². The van der Waals surface area contributed by atoms with Crippen molar-refractivity contribution in [1.82, 2.24) is 0 Å². The van der Waals surface area contributed by atoms with Gasteiger partial charge >= 0.3 is 5.97 Å². The maximum atomic E-state index is 12.4. The molecule has 0 aliphatic carbocycles. The Hall–Kier alpha value is -3.15. The first-order valence-corrected chi connectivity index (χ1v) is 7.86. The number of hydrogen-bond acceptors (Lipinski definition) is 5. The monoisotopic (exact) mass is 338 g/mol. The van der Waals surface area contributed by atoms with E-state index < -0.39 is 5.97 Å². The molecule has 3 rings (SSSR count). The average Bonchev–Trinajstić information content (AvgIpc) is 3.13. The van der Waals surface area contributed by atoms with Crippen molar-refractivity contribution in [2.24, 2.45) is 5.16 Å². The molecule has 1 amide bonds. The van der Waals surface area contributed by atoms with Gasteiger partial charge in [-0.15, -0.1) is 0 Å². The number of carbonyl (C=O) groups excluding carboxylic acids is 2. The molecule has 6 heteroatoms. The third-order valence-corrected chi connectivity index (χ3v) is 4.00. The third-order valence-electron chi connectivity index (χ3n) is 4.00. The highest BCUT2D eigenvalue weighted by Crippen LogP contribution is 2.27. The van der Waals surface area contributed by atoms with Gasteiger partial charge < -0.3 is 14.9 Å². The molecule has 0 aromatic heterocycles. The van der Waals surface area contributed by atoms with Gasteiger partial charge in [-0.3, -0.25) is 4.79 Å². The Morgan fingerprint density at radius 1 is 1.20 bits per heavy atom. The summed E-state index contributed by atoms with van der Waals surface area (Å²) in [6.07, 6.45) is 0.166. The quantitative estimate of drug-likeness (QED) is 0.868. The molecule has 2 aromatic rings. The van der Waals surface area contributed by atoms with E-state index in [1.165, 1.54) is 7.11 Å². The highest BCUT2D eigenvalue weighted by Gasteiger charge is 2.27. The average molecular weight is 338 g/mol. The normalized spacial score (nSPS) is 15.9. The van der Waals surface area contributed by atoms with Crippen LogP contribution in [0.4, 0.5) is 5.69 Å². The van der Waals surface area contributed by atoms with Gasteiger partial charge in [-0.25, -0.2) is 4.79 Å². The van der Waals surface area contributed by atoms with E-state index in [1.54, 1.807) is 18.2 Å². The molecular formula is C19H18N2O4. The van der Waals surface area contributed by atoms with Gasteiger partial charge in [0.2, 0.25) is 0 Å². The largest absolute Gasteiger partial charge is 0.465 e. The van der Waals surface area contributed by atoms with Crippen LogP contribution in [0.5, 0.6) is 0 Å². The SMILES string of the molecule is COC(=O)c1ccc(NC(=O)C2=NO[C@H](c3ccccc3)C2)c(C)c1. The van der Waals surface area contributed by atoms with E-state index in [9.17, 15) is 9.59 Å². The second-order valence-corrected chi connectivity index (χ2v) is 5.72. The third kappa shape index (κ3) is 3.68. The van der Waals surface area contributed by atoms with Gasteiger partial charge in [0.05, 0.1) is 12.7 Å². The van der Waals surface area contributed by atoms with Crippen LogP contribution in [0.1, 0.15) is 34.0 Å². The summed E-state index contributed by atoms with van der Waals surface area (Å²) in [6.45, 7) is 1.81. The van der Waals surface area contributed by atoms with Crippen LogP contribution in [0, 0.1) is 6.92 Å². The second kappa shape index (κ2) is 7.17. The maximum absolute atomic E-state index is 12.4. The second-order valence-electron chi connectivity index (χ2n) is 5.72. The number of esters is 1. The molecule has 6 nitrogen and oxygen atoms in total. The van der Waals surface area contributed by atoms with Gasteiger partial charge in [-0.2, -0.15) is 0 Å². The summed E-state index contributed by atoms with van der Waals surface area (Å²) in [6, 6.07) is 14.6. The molecule has 128 valence electrons. The van der Waals surface area contributed by atoms with Crippen LogP contribution in [0.25, 0.3) is 0 Å². The summed E-state index contributed by atoms with van der Waals surface area (Å²) in [5.74, 6) is -0.729. The molecule has 0 unspecified atom stereocenters. The number of nitrogens with one attached hydrogen (secondary N) is 1. The van der Waals surface area contributed by atoms with E-state index in [0.717, 1.165) is 11.1 Å². The van der Waals surface area contributed by atoms with Crippen molar-refractivity contribution in [3.8, 4) is 0 Å². The number of ether oxygens (including phenoxy) is 1. The Morgan fingerprint density at radius 3 is 2.64 bits per heavy atom. The molecule has 25 heavy (non-hydrogen) atoms. The van der Waals surface area contributed by atoms with E-state index in [2.05, 4.69) is 15.2 Å². The van der Waals surface area contributed by atoms with E-state index >= 15 is 0 Å². The topological polar surface area (TPSA) is 77.0 Å². The Labute approximate surface area is 145 Å². The van der Waals surface area contributed by atoms with Crippen molar-refractivity contribution in [2.45, 2.75) is 19.4 Å². The van der Waals surface area contributed by atoms with Crippen LogP contribution >= 0.6 is 0 Å². The fourth-order valence-electron chi connectivity index (χ4n) is 2.60. The smallest absolute Gasteiger partial charge is 0.337 e. The minimum Gasteiger partial charge on any atom is -0.465 e. The minimum atomic E-state index is -0.416. The van der Waals surface area contributed by atoms with Crippen LogP contribution < -0.4 is 5.32 Å². The summed E-state index contributed by atoms with van der Waals surface area (Å²) < 4.78 is 4.69. The van der Waals surface area contributed by atoms with Crippen molar-refractivity contribution in [3.05, 3.63) is 65.2 Å². The minimum absolute atomic E-state index is 0.246. The van der Waals surface area contributed by atoms with Crippen LogP contribution in [0.15, 0.2) is 53.7 Å². The lowest BCUT2D eigenvalue weighted by Crippen LogP contribution is -2.22. The first-order chi connectivity index (χ1) is 12.1. The molecule has 1 heterocycles. The molecule has 0 radical (unpaired) electrons. The summed E-state index contributed by atoms with van der Waals surface area (Å²) in [4.78, 5) is 29.3. The number of amides is 1. The molecule has 0 bridgehead atoms. The van der Waals surface area contributed by atoms with Crippen LogP contribution in [-0.4, -0.2) is 24.7 Å². The molecule has 1 N–H and O–H groups in total. The maximum Gasteiger partial charge on any atom is 0.337 e. The first kappa shape index (κ1) is 16.7. The lowest BCUT2D eigenvalue weighted by Gasteiger charge is -2.10. The number of carbonyl (C=O) groups is 2. The molecule has 0 spiro atoms. The molecule has 0 saturated heterocycles. The Balaban J connectivity index is 1.66. The number of benzene rings is 2. The highest BCUT2D eigenvalue weighted by atomic mass is 16.6. The predicted molar refractivity (Wildman–Crippen MR) is 93.5 cm³/mol. The fraction of sp³-hybridized carbons (Fsp3) is 0.211. The number of oxime groups is 1. The van der Waals surface area contributed by atoms with Crippen LogP contribution in [0.3, 0.4) is 0 Å². The first-order valence-electron chi connectivity index (χ1n) is 7.86. The number of methoxy groups -OCH3 is 1. The number of nitrogens with zero attached hydrogens (tertiary/aromatic N) is 1. The Bertz CT molecular complexity index is 831. The van der Waals surface area contributed by atoms with E-state index in [1.807, 2.05) is 37.3 Å². The molecular weight excluding hydrogens is 320 g/mol. The zero-order chi connectivity index (χ0) is 17.8. The predicted octanol–water partition coefficient (Wildman–Crippen LogP) is 3.24. The van der Waals surface area contributed by atoms with Crippen molar-refractivity contribution < 1.29 is 19.2 Å². The van der Waals surface area contributed by atoms with Crippen LogP contribution in [0.2, 0.25) is 0 Å². The van der Waals surface area contributed by atoms with Gasteiger partial charge in [0.15, 0.2) is 6.10 Å². The zero-order valence-electron chi connectivity index (χ0n) is 14.0. The fourth-order valence-corrected chi connectivity index (χ4v) is 2.60. The van der Waals surface area contributed by atoms with Crippen molar-refractivity contribution in [3.63, 3.8) is 0 Å². The standard InChI is InChI=1S/C19H18N2O4/c1-12-10-14(19(23)24-2)8-9-15(12)20-18(22)16-11-17(25-21-16)13-6-4-3-5-7-13/h3-10,17H,11H2,1-2H3,(H,20,22)/t17-/m0/s1. The lowest BCUT2D eigenvalue weighted by molar-refractivity contribution is -0.110. The van der Waals surface area contributed by atoms with Crippen molar-refractivity contribution in [2.75, 3.05) is 12.4 Å². The molecule has 1 atom stereocenters. The molecule has 0 saturated carbocycles. The van der Waals surface area contributed by atoms with E-state index in [4.69, 9.17) is 4.84 Å². The Morgan fingerprint density at radius 2 is 1.96 bits per heavy atom. The number of rotatable bonds is 4. The van der Waals surface area contributed by atoms with Crippen molar-refractivity contribution in [1.29, 1.82) is 0 Å². The highest BCUT2D eigenvalue weighted by molar-refractivity contribution is 6.43. The van der Waals surface area contributed by atoms with Gasteiger partial charge in [-0.05, 0) is 36.2 Å². The molecule has 0 fully saturated rings. The number of hydrogen-bond donors (Lipinski definition) is 1. The van der Waals surface area contributed by atoms with Gasteiger partial charge in [0, 0.05) is 12.1 Å². The van der Waals surface area contributed by atoms with Crippen LogP contribution in [-0.2, 0) is 14.4 Å². The molecule has 1 aliphatic rings. The number of anilines is 1. The zero-order valence-corrected chi connectivity index (χ0v) is 14.0. The number of aryl methyl sites for hydroxylation is 1. The van der Waals surface area contributed by atoms with E-state index in [-0.39, 0.29) is 12.0 Å². The summed E-state index contributed by atoms with van der Waals surface area (Å²) in [7, 11) is 1.33. The summed E-state index contributed by atoms with van der Waals surface area (Å²) in [5, 5.41) is 6.72. The summed E-state index contributed by atoms with van der Waals surface area (Å²) in [5.41, 5.74) is 3.13. The van der Waals surface area contributed by atoms with E-state index in [0.29, 0.717) is 23.4 Å². The van der Waals surface area contributed by atoms with Crippen molar-refractivity contribution >= 4 is 23.3 Å². The Kier molecular flexibility index (Phi) is 4.79.